The number of aliphatic hydroxyl groups excluding tert-OH is 1. The standard InChI is InChI=1S/C14H16N4O3/c1-10-6-17-12(8-16-10)7-15-9-14(19)11-2-4-13(5-3-11)18(20)21/h2-6,8,14-15,19H,7,9H2,1H3. The molecule has 0 bridgehead atoms. The molecule has 2 N–H and O–H groups in total. The van der Waals surface area contributed by atoms with E-state index in [-0.39, 0.29) is 5.69 Å². The molecule has 1 unspecified atom stereocenters. The number of nitro benzene ring substituents is 1. The molecule has 0 aliphatic heterocycles. The summed E-state index contributed by atoms with van der Waals surface area (Å²) in [5.74, 6) is 0. The molecule has 0 aliphatic carbocycles. The minimum atomic E-state index is -0.732. The number of aryl methyl sites for hydroxylation is 1. The molecule has 0 radical (unpaired) electrons. The van der Waals surface area contributed by atoms with Gasteiger partial charge in [0.25, 0.3) is 5.69 Å². The quantitative estimate of drug-likeness (QED) is 0.617. The molecule has 0 aliphatic rings. The zero-order chi connectivity index (χ0) is 15.2. The second-order valence-corrected chi connectivity index (χ2v) is 4.64. The normalized spacial score (nSPS) is 12.1. The van der Waals surface area contributed by atoms with E-state index < -0.39 is 11.0 Å². The van der Waals surface area contributed by atoms with Crippen molar-refractivity contribution >= 4 is 5.69 Å². The minimum Gasteiger partial charge on any atom is -0.387 e. The van der Waals surface area contributed by atoms with Crippen LogP contribution in [0.5, 0.6) is 0 Å². The van der Waals surface area contributed by atoms with Crippen molar-refractivity contribution in [3.05, 3.63) is 63.7 Å². The Morgan fingerprint density at radius 2 is 2.00 bits per heavy atom. The molecule has 7 heteroatoms. The largest absolute Gasteiger partial charge is 0.387 e. The van der Waals surface area contributed by atoms with E-state index in [0.29, 0.717) is 18.7 Å². The van der Waals surface area contributed by atoms with Gasteiger partial charge >= 0.3 is 0 Å². The van der Waals surface area contributed by atoms with Crippen LogP contribution in [0.25, 0.3) is 0 Å². The van der Waals surface area contributed by atoms with Gasteiger partial charge in [0, 0.05) is 37.6 Å². The molecule has 2 rings (SSSR count). The van der Waals surface area contributed by atoms with Crippen molar-refractivity contribution in [2.75, 3.05) is 6.54 Å². The fourth-order valence-corrected chi connectivity index (χ4v) is 1.78. The van der Waals surface area contributed by atoms with Crippen molar-refractivity contribution in [2.45, 2.75) is 19.6 Å². The van der Waals surface area contributed by atoms with E-state index in [9.17, 15) is 15.2 Å². The predicted octanol–water partition coefficient (Wildman–Crippen LogP) is 1.52. The first-order valence-electron chi connectivity index (χ1n) is 6.47. The van der Waals surface area contributed by atoms with Crippen LogP contribution in [0.3, 0.4) is 0 Å². The highest BCUT2D eigenvalue weighted by Crippen LogP contribution is 2.17. The fourth-order valence-electron chi connectivity index (χ4n) is 1.78. The van der Waals surface area contributed by atoms with Crippen LogP contribution < -0.4 is 5.32 Å². The van der Waals surface area contributed by atoms with Gasteiger partial charge in [-0.1, -0.05) is 0 Å². The Morgan fingerprint density at radius 1 is 1.29 bits per heavy atom. The lowest BCUT2D eigenvalue weighted by molar-refractivity contribution is -0.384. The Labute approximate surface area is 121 Å². The van der Waals surface area contributed by atoms with Crippen LogP contribution in [0, 0.1) is 17.0 Å². The van der Waals surface area contributed by atoms with Gasteiger partial charge in [0.05, 0.1) is 22.4 Å². The van der Waals surface area contributed by atoms with Gasteiger partial charge in [-0.25, -0.2) is 0 Å². The summed E-state index contributed by atoms with van der Waals surface area (Å²) in [6.45, 7) is 2.69. The number of aromatic nitrogens is 2. The second kappa shape index (κ2) is 6.87. The number of benzene rings is 1. The summed E-state index contributed by atoms with van der Waals surface area (Å²) in [5.41, 5.74) is 2.28. The van der Waals surface area contributed by atoms with E-state index in [1.165, 1.54) is 12.1 Å². The summed E-state index contributed by atoms with van der Waals surface area (Å²) in [7, 11) is 0. The maximum absolute atomic E-state index is 10.6. The van der Waals surface area contributed by atoms with Gasteiger partial charge < -0.3 is 10.4 Å². The molecule has 0 saturated carbocycles. The van der Waals surface area contributed by atoms with E-state index in [1.807, 2.05) is 6.92 Å². The molecule has 7 nitrogen and oxygen atoms in total. The molecule has 1 aromatic heterocycles. The summed E-state index contributed by atoms with van der Waals surface area (Å²) in [6, 6.07) is 5.86. The first kappa shape index (κ1) is 15.0. The van der Waals surface area contributed by atoms with Crippen molar-refractivity contribution in [3.63, 3.8) is 0 Å². The van der Waals surface area contributed by atoms with E-state index in [2.05, 4.69) is 15.3 Å². The van der Waals surface area contributed by atoms with Crippen LogP contribution in [0.4, 0.5) is 5.69 Å². The number of nitrogens with zero attached hydrogens (tertiary/aromatic N) is 3. The highest BCUT2D eigenvalue weighted by molar-refractivity contribution is 5.33. The molecule has 0 fully saturated rings. The third-order valence-corrected chi connectivity index (χ3v) is 2.97. The summed E-state index contributed by atoms with van der Waals surface area (Å²) >= 11 is 0. The molecule has 1 atom stereocenters. The zero-order valence-electron chi connectivity index (χ0n) is 11.6. The van der Waals surface area contributed by atoms with Crippen molar-refractivity contribution in [3.8, 4) is 0 Å². The van der Waals surface area contributed by atoms with Crippen LogP contribution in [-0.4, -0.2) is 26.5 Å². The summed E-state index contributed by atoms with van der Waals surface area (Å²) in [5, 5.41) is 23.6. The first-order valence-corrected chi connectivity index (χ1v) is 6.47. The molecule has 1 heterocycles. The van der Waals surface area contributed by atoms with Crippen LogP contribution in [0.1, 0.15) is 23.1 Å². The Bertz CT molecular complexity index is 599. The number of aliphatic hydroxyl groups is 1. The average Bonchev–Trinajstić information content (AvgIpc) is 2.49. The smallest absolute Gasteiger partial charge is 0.269 e. The lowest BCUT2D eigenvalue weighted by Gasteiger charge is -2.11. The van der Waals surface area contributed by atoms with Gasteiger partial charge in [0.15, 0.2) is 0 Å². The minimum absolute atomic E-state index is 0.00818. The monoisotopic (exact) mass is 288 g/mol. The molecule has 0 spiro atoms. The highest BCUT2D eigenvalue weighted by Gasteiger charge is 2.10. The third-order valence-electron chi connectivity index (χ3n) is 2.97. The van der Waals surface area contributed by atoms with Crippen LogP contribution in [0.2, 0.25) is 0 Å². The van der Waals surface area contributed by atoms with E-state index in [4.69, 9.17) is 0 Å². The molecule has 2 aromatic rings. The summed E-state index contributed by atoms with van der Waals surface area (Å²) in [6.07, 6.45) is 2.63. The van der Waals surface area contributed by atoms with Gasteiger partial charge in [-0.3, -0.25) is 20.1 Å². The second-order valence-electron chi connectivity index (χ2n) is 4.64. The van der Waals surface area contributed by atoms with Crippen molar-refractivity contribution < 1.29 is 10.0 Å². The number of non-ortho nitro benzene ring substituents is 1. The molecule has 110 valence electrons. The van der Waals surface area contributed by atoms with E-state index >= 15 is 0 Å². The maximum atomic E-state index is 10.6. The SMILES string of the molecule is Cc1cnc(CNCC(O)c2ccc([N+](=O)[O-])cc2)cn1. The summed E-state index contributed by atoms with van der Waals surface area (Å²) in [4.78, 5) is 18.4. The van der Waals surface area contributed by atoms with Gasteiger partial charge in [0.2, 0.25) is 0 Å². The van der Waals surface area contributed by atoms with Crippen LogP contribution in [0.15, 0.2) is 36.7 Å². The maximum Gasteiger partial charge on any atom is 0.269 e. The molecule has 0 amide bonds. The lowest BCUT2D eigenvalue weighted by Crippen LogP contribution is -2.21. The molecule has 21 heavy (non-hydrogen) atoms. The van der Waals surface area contributed by atoms with Gasteiger partial charge in [-0.2, -0.15) is 0 Å². The number of nitro groups is 1. The lowest BCUT2D eigenvalue weighted by atomic mass is 10.1. The van der Waals surface area contributed by atoms with E-state index in [0.717, 1.165) is 11.4 Å². The Balaban J connectivity index is 1.85. The Hall–Kier alpha value is -2.38. The number of hydrogen-bond donors (Lipinski definition) is 2. The van der Waals surface area contributed by atoms with Gasteiger partial charge in [-0.15, -0.1) is 0 Å². The number of nitrogens with one attached hydrogen (secondary N) is 1. The van der Waals surface area contributed by atoms with Crippen molar-refractivity contribution in [1.29, 1.82) is 0 Å². The van der Waals surface area contributed by atoms with Crippen LogP contribution in [-0.2, 0) is 6.54 Å². The predicted molar refractivity (Wildman–Crippen MR) is 76.5 cm³/mol. The number of rotatable bonds is 6. The van der Waals surface area contributed by atoms with Crippen LogP contribution >= 0.6 is 0 Å². The Kier molecular flexibility index (Phi) is 4.91. The fraction of sp³-hybridized carbons (Fsp3) is 0.286. The topological polar surface area (TPSA) is 101 Å². The van der Waals surface area contributed by atoms with Gasteiger partial charge in [-0.05, 0) is 24.6 Å². The third kappa shape index (κ3) is 4.30. The first-order chi connectivity index (χ1) is 10.1. The molecule has 1 aromatic carbocycles. The highest BCUT2D eigenvalue weighted by atomic mass is 16.6. The van der Waals surface area contributed by atoms with Crippen molar-refractivity contribution in [2.24, 2.45) is 0 Å². The van der Waals surface area contributed by atoms with Gasteiger partial charge in [0.1, 0.15) is 0 Å². The summed E-state index contributed by atoms with van der Waals surface area (Å²) < 4.78 is 0. The zero-order valence-corrected chi connectivity index (χ0v) is 11.6. The molecule has 0 saturated heterocycles. The van der Waals surface area contributed by atoms with Crippen molar-refractivity contribution in [1.82, 2.24) is 15.3 Å². The Morgan fingerprint density at radius 3 is 2.57 bits per heavy atom. The number of hydrogen-bond acceptors (Lipinski definition) is 6. The molecular weight excluding hydrogens is 272 g/mol. The molecular formula is C14H16N4O3. The van der Waals surface area contributed by atoms with E-state index in [1.54, 1.807) is 24.5 Å². The average molecular weight is 288 g/mol.